The number of rotatable bonds is 5. The Balaban J connectivity index is 2.25. The minimum Gasteiger partial charge on any atom is -0.508 e. The van der Waals surface area contributed by atoms with Crippen molar-refractivity contribution >= 4 is 5.91 Å². The van der Waals surface area contributed by atoms with E-state index in [0.29, 0.717) is 28.9 Å². The second-order valence-corrected chi connectivity index (χ2v) is 6.55. The molecule has 0 spiro atoms. The van der Waals surface area contributed by atoms with Gasteiger partial charge in [-0.3, -0.25) is 9.48 Å². The molecule has 0 aliphatic heterocycles. The molecule has 0 aliphatic rings. The van der Waals surface area contributed by atoms with Crippen molar-refractivity contribution in [1.82, 2.24) is 20.3 Å². The number of amides is 1. The van der Waals surface area contributed by atoms with E-state index >= 15 is 0 Å². The number of carbonyl (C=O) groups excluding carboxylic acids is 1. The lowest BCUT2D eigenvalue weighted by molar-refractivity contribution is 0.0947. The first-order chi connectivity index (χ1) is 12.8. The summed E-state index contributed by atoms with van der Waals surface area (Å²) in [7, 11) is 1.76. The maximum Gasteiger partial charge on any atom is 0.274 e. The third kappa shape index (κ3) is 3.38. The number of aromatic hydroxyl groups is 2. The van der Waals surface area contributed by atoms with E-state index in [4.69, 9.17) is 4.52 Å². The van der Waals surface area contributed by atoms with Crippen LogP contribution in [0.1, 0.15) is 42.7 Å². The molecule has 3 aromatic rings. The highest BCUT2D eigenvalue weighted by molar-refractivity contribution is 6.02. The van der Waals surface area contributed by atoms with Crippen LogP contribution in [-0.2, 0) is 7.05 Å². The van der Waals surface area contributed by atoms with Crippen molar-refractivity contribution in [2.24, 2.45) is 7.05 Å². The molecule has 0 fully saturated rings. The fourth-order valence-electron chi connectivity index (χ4n) is 2.90. The van der Waals surface area contributed by atoms with Gasteiger partial charge >= 0.3 is 0 Å². The highest BCUT2D eigenvalue weighted by Gasteiger charge is 2.28. The van der Waals surface area contributed by atoms with E-state index in [9.17, 15) is 15.0 Å². The van der Waals surface area contributed by atoms with Crippen LogP contribution in [-0.4, -0.2) is 37.6 Å². The SMILES string of the molecule is CCNC(=O)c1noc(-c2cc(C(C)C)c(O)cc2O)c1-c1ccn(C)n1. The average molecular weight is 370 g/mol. The van der Waals surface area contributed by atoms with Gasteiger partial charge in [0.15, 0.2) is 11.5 Å². The van der Waals surface area contributed by atoms with Crippen LogP contribution in [0.2, 0.25) is 0 Å². The lowest BCUT2D eigenvalue weighted by Crippen LogP contribution is -2.23. The van der Waals surface area contributed by atoms with Crippen molar-refractivity contribution in [3.63, 3.8) is 0 Å². The number of phenols is 2. The quantitative estimate of drug-likeness (QED) is 0.636. The van der Waals surface area contributed by atoms with Gasteiger partial charge in [0, 0.05) is 25.9 Å². The molecular weight excluding hydrogens is 348 g/mol. The molecule has 1 amide bonds. The first-order valence-corrected chi connectivity index (χ1v) is 8.67. The predicted molar refractivity (Wildman–Crippen MR) is 99.6 cm³/mol. The van der Waals surface area contributed by atoms with Crippen molar-refractivity contribution in [3.8, 4) is 34.1 Å². The number of nitrogens with zero attached hydrogens (tertiary/aromatic N) is 3. The van der Waals surface area contributed by atoms with Crippen LogP contribution < -0.4 is 5.32 Å². The van der Waals surface area contributed by atoms with Crippen LogP contribution in [0.3, 0.4) is 0 Å². The third-order valence-corrected chi connectivity index (χ3v) is 4.23. The van der Waals surface area contributed by atoms with Crippen molar-refractivity contribution in [2.75, 3.05) is 6.54 Å². The number of benzene rings is 1. The predicted octanol–water partition coefficient (Wildman–Crippen LogP) is 3.03. The fraction of sp³-hybridized carbons (Fsp3) is 0.316. The molecule has 3 N–H and O–H groups in total. The topological polar surface area (TPSA) is 113 Å². The zero-order valence-electron chi connectivity index (χ0n) is 15.6. The highest BCUT2D eigenvalue weighted by Crippen LogP contribution is 2.42. The summed E-state index contributed by atoms with van der Waals surface area (Å²) in [5.41, 5.74) is 1.95. The van der Waals surface area contributed by atoms with Crippen molar-refractivity contribution in [2.45, 2.75) is 26.7 Å². The zero-order valence-corrected chi connectivity index (χ0v) is 15.6. The molecule has 8 heteroatoms. The molecule has 2 aromatic heterocycles. The van der Waals surface area contributed by atoms with Gasteiger partial charge in [-0.1, -0.05) is 19.0 Å². The first kappa shape index (κ1) is 18.5. The summed E-state index contributed by atoms with van der Waals surface area (Å²) in [5, 5.41) is 31.5. The molecule has 0 unspecified atom stereocenters. The Morgan fingerprint density at radius 1 is 1.30 bits per heavy atom. The number of phenolic OH excluding ortho intramolecular Hbond substituents is 2. The maximum atomic E-state index is 12.4. The summed E-state index contributed by atoms with van der Waals surface area (Å²) < 4.78 is 7.07. The van der Waals surface area contributed by atoms with Crippen molar-refractivity contribution in [3.05, 3.63) is 35.7 Å². The minimum absolute atomic E-state index is 0.00546. The standard InChI is InChI=1S/C19H22N4O4/c1-5-20-19(26)17-16(13-6-7-23(4)21-13)18(27-22-17)12-8-11(10(2)3)14(24)9-15(12)25/h6-10,24-25H,5H2,1-4H3,(H,20,26). The monoisotopic (exact) mass is 370 g/mol. The Hall–Kier alpha value is -3.29. The molecule has 2 heterocycles. The smallest absolute Gasteiger partial charge is 0.274 e. The Labute approximate surface area is 156 Å². The molecule has 0 aliphatic carbocycles. The van der Waals surface area contributed by atoms with E-state index in [-0.39, 0.29) is 28.9 Å². The summed E-state index contributed by atoms with van der Waals surface area (Å²) in [6.45, 7) is 6.09. The number of carbonyl (C=O) groups is 1. The van der Waals surface area contributed by atoms with Crippen molar-refractivity contribution < 1.29 is 19.5 Å². The number of hydrogen-bond acceptors (Lipinski definition) is 6. The van der Waals surface area contributed by atoms with Gasteiger partial charge in [-0.2, -0.15) is 5.10 Å². The zero-order chi connectivity index (χ0) is 19.7. The maximum absolute atomic E-state index is 12.4. The van der Waals surface area contributed by atoms with Gasteiger partial charge < -0.3 is 20.1 Å². The molecule has 3 rings (SSSR count). The van der Waals surface area contributed by atoms with E-state index < -0.39 is 5.91 Å². The molecule has 0 radical (unpaired) electrons. The first-order valence-electron chi connectivity index (χ1n) is 8.67. The summed E-state index contributed by atoms with van der Waals surface area (Å²) in [6, 6.07) is 4.64. The number of nitrogens with one attached hydrogen (secondary N) is 1. The van der Waals surface area contributed by atoms with Gasteiger partial charge in [0.2, 0.25) is 0 Å². The van der Waals surface area contributed by atoms with E-state index in [1.54, 1.807) is 37.0 Å². The van der Waals surface area contributed by atoms with Crippen LogP contribution in [0.5, 0.6) is 11.5 Å². The number of aromatic nitrogens is 3. The van der Waals surface area contributed by atoms with Gasteiger partial charge in [-0.15, -0.1) is 0 Å². The van der Waals surface area contributed by atoms with Gasteiger partial charge in [0.1, 0.15) is 11.5 Å². The molecule has 0 saturated heterocycles. The molecule has 0 atom stereocenters. The third-order valence-electron chi connectivity index (χ3n) is 4.23. The molecule has 8 nitrogen and oxygen atoms in total. The van der Waals surface area contributed by atoms with Gasteiger partial charge in [-0.05, 0) is 30.5 Å². The van der Waals surface area contributed by atoms with Gasteiger partial charge in [-0.25, -0.2) is 0 Å². The largest absolute Gasteiger partial charge is 0.508 e. The van der Waals surface area contributed by atoms with Crippen molar-refractivity contribution in [1.29, 1.82) is 0 Å². The van der Waals surface area contributed by atoms with Crippen LogP contribution in [0.15, 0.2) is 28.9 Å². The molecule has 1 aromatic carbocycles. The molecular formula is C19H22N4O4. The normalized spacial score (nSPS) is 11.1. The Morgan fingerprint density at radius 2 is 2.04 bits per heavy atom. The molecule has 142 valence electrons. The lowest BCUT2D eigenvalue weighted by atomic mass is 9.95. The Kier molecular flexibility index (Phi) is 4.89. The number of aryl methyl sites for hydroxylation is 1. The van der Waals surface area contributed by atoms with Gasteiger partial charge in [0.05, 0.1) is 16.8 Å². The summed E-state index contributed by atoms with van der Waals surface area (Å²) in [6.07, 6.45) is 1.74. The van der Waals surface area contributed by atoms with E-state index in [1.165, 1.54) is 6.07 Å². The summed E-state index contributed by atoms with van der Waals surface area (Å²) >= 11 is 0. The summed E-state index contributed by atoms with van der Waals surface area (Å²) in [5.74, 6) is -0.333. The molecule has 0 saturated carbocycles. The second kappa shape index (κ2) is 7.14. The van der Waals surface area contributed by atoms with E-state index in [1.807, 2.05) is 13.8 Å². The Bertz CT molecular complexity index is 988. The van der Waals surface area contributed by atoms with Gasteiger partial charge in [0.25, 0.3) is 5.91 Å². The van der Waals surface area contributed by atoms with E-state index in [2.05, 4.69) is 15.6 Å². The molecule has 0 bridgehead atoms. The minimum atomic E-state index is -0.393. The Morgan fingerprint density at radius 3 is 2.63 bits per heavy atom. The lowest BCUT2D eigenvalue weighted by Gasteiger charge is -2.12. The van der Waals surface area contributed by atoms with E-state index in [0.717, 1.165) is 0 Å². The number of hydrogen-bond donors (Lipinski definition) is 3. The second-order valence-electron chi connectivity index (χ2n) is 6.55. The van der Waals surface area contributed by atoms with Crippen LogP contribution >= 0.6 is 0 Å². The highest BCUT2D eigenvalue weighted by atomic mass is 16.5. The van der Waals surface area contributed by atoms with Crippen LogP contribution in [0.4, 0.5) is 0 Å². The molecule has 27 heavy (non-hydrogen) atoms. The van der Waals surface area contributed by atoms with Crippen LogP contribution in [0.25, 0.3) is 22.6 Å². The average Bonchev–Trinajstić information content (AvgIpc) is 3.20. The fourth-order valence-corrected chi connectivity index (χ4v) is 2.90. The summed E-state index contributed by atoms with van der Waals surface area (Å²) in [4.78, 5) is 12.4. The van der Waals surface area contributed by atoms with Crippen LogP contribution in [0, 0.1) is 0 Å².